The smallest absolute Gasteiger partial charge is 0.0359 e. The van der Waals surface area contributed by atoms with Gasteiger partial charge in [-0.3, -0.25) is 4.90 Å². The summed E-state index contributed by atoms with van der Waals surface area (Å²) >= 11 is 0. The minimum absolute atomic E-state index is 0.655. The summed E-state index contributed by atoms with van der Waals surface area (Å²) in [5.41, 5.74) is 9.61. The molecule has 0 aliphatic rings. The van der Waals surface area contributed by atoms with E-state index in [1.165, 1.54) is 24.0 Å². The lowest BCUT2D eigenvalue weighted by atomic mass is 10.0. The second-order valence-corrected chi connectivity index (χ2v) is 6.00. The Morgan fingerprint density at radius 3 is 2.32 bits per heavy atom. The number of anilines is 1. The molecular formula is C17H30N2. The van der Waals surface area contributed by atoms with E-state index in [2.05, 4.69) is 51.7 Å². The third kappa shape index (κ3) is 4.87. The molecule has 0 bridgehead atoms. The van der Waals surface area contributed by atoms with Crippen molar-refractivity contribution >= 4 is 5.69 Å². The highest BCUT2D eigenvalue weighted by Crippen LogP contribution is 2.20. The van der Waals surface area contributed by atoms with Crippen LogP contribution in [0, 0.1) is 12.8 Å². The zero-order valence-electron chi connectivity index (χ0n) is 13.2. The first-order valence-corrected chi connectivity index (χ1v) is 7.56. The lowest BCUT2D eigenvalue weighted by Crippen LogP contribution is -2.36. The van der Waals surface area contributed by atoms with Crippen molar-refractivity contribution in [2.75, 3.05) is 12.3 Å². The highest BCUT2D eigenvalue weighted by Gasteiger charge is 2.17. The number of nitrogens with zero attached hydrogens (tertiary/aromatic N) is 1. The molecule has 0 saturated carbocycles. The van der Waals surface area contributed by atoms with Crippen LogP contribution >= 0.6 is 0 Å². The molecule has 0 atom stereocenters. The highest BCUT2D eigenvalue weighted by atomic mass is 15.2. The first-order valence-electron chi connectivity index (χ1n) is 7.56. The molecule has 1 aromatic carbocycles. The van der Waals surface area contributed by atoms with Gasteiger partial charge in [0.1, 0.15) is 0 Å². The molecule has 0 saturated heterocycles. The van der Waals surface area contributed by atoms with E-state index in [-0.39, 0.29) is 0 Å². The minimum Gasteiger partial charge on any atom is -0.398 e. The fourth-order valence-corrected chi connectivity index (χ4v) is 2.71. The molecule has 0 heterocycles. The summed E-state index contributed by atoms with van der Waals surface area (Å²) in [4.78, 5) is 2.59. The van der Waals surface area contributed by atoms with Crippen LogP contribution in [-0.4, -0.2) is 17.5 Å². The van der Waals surface area contributed by atoms with Gasteiger partial charge in [0.2, 0.25) is 0 Å². The summed E-state index contributed by atoms with van der Waals surface area (Å²) in [5.74, 6) is 0.687. The number of hydrogen-bond donors (Lipinski definition) is 1. The van der Waals surface area contributed by atoms with Crippen LogP contribution in [0.3, 0.4) is 0 Å². The Bertz CT molecular complexity index is 381. The standard InChI is InChI=1S/C17H30N2/c1-6-16(7-2)19(11-13(3)4)12-15-10-14(5)8-9-17(15)18/h8-10,13,16H,6-7,11-12,18H2,1-5H3. The highest BCUT2D eigenvalue weighted by molar-refractivity contribution is 5.48. The zero-order chi connectivity index (χ0) is 14.4. The molecule has 0 unspecified atom stereocenters. The minimum atomic E-state index is 0.655. The predicted octanol–water partition coefficient (Wildman–Crippen LogP) is 4.22. The molecule has 1 rings (SSSR count). The number of nitrogen functional groups attached to an aromatic ring is 1. The van der Waals surface area contributed by atoms with Crippen LogP contribution in [-0.2, 0) is 6.54 Å². The molecule has 2 N–H and O–H groups in total. The Morgan fingerprint density at radius 2 is 1.79 bits per heavy atom. The van der Waals surface area contributed by atoms with Crippen molar-refractivity contribution in [2.24, 2.45) is 5.92 Å². The van der Waals surface area contributed by atoms with Crippen molar-refractivity contribution in [3.05, 3.63) is 29.3 Å². The van der Waals surface area contributed by atoms with E-state index in [0.717, 1.165) is 18.8 Å². The van der Waals surface area contributed by atoms with Crippen LogP contribution in [0.5, 0.6) is 0 Å². The van der Waals surface area contributed by atoms with E-state index < -0.39 is 0 Å². The molecular weight excluding hydrogens is 232 g/mol. The summed E-state index contributed by atoms with van der Waals surface area (Å²) in [6.07, 6.45) is 2.41. The van der Waals surface area contributed by atoms with E-state index in [0.29, 0.717) is 12.0 Å². The molecule has 0 aromatic heterocycles. The monoisotopic (exact) mass is 262 g/mol. The fourth-order valence-electron chi connectivity index (χ4n) is 2.71. The van der Waals surface area contributed by atoms with Crippen LogP contribution < -0.4 is 5.73 Å². The van der Waals surface area contributed by atoms with Gasteiger partial charge in [0.15, 0.2) is 0 Å². The predicted molar refractivity (Wildman–Crippen MR) is 85.2 cm³/mol. The molecule has 19 heavy (non-hydrogen) atoms. The topological polar surface area (TPSA) is 29.3 Å². The number of nitrogens with two attached hydrogens (primary N) is 1. The Kier molecular flexibility index (Phi) is 6.36. The van der Waals surface area contributed by atoms with Gasteiger partial charge in [-0.05, 0) is 37.3 Å². The van der Waals surface area contributed by atoms with Crippen LogP contribution in [0.25, 0.3) is 0 Å². The molecule has 0 aliphatic heterocycles. The van der Waals surface area contributed by atoms with E-state index in [1.54, 1.807) is 0 Å². The molecule has 0 radical (unpaired) electrons. The molecule has 0 fully saturated rings. The average molecular weight is 262 g/mol. The second-order valence-electron chi connectivity index (χ2n) is 6.00. The van der Waals surface area contributed by atoms with Gasteiger partial charge in [-0.1, -0.05) is 45.4 Å². The van der Waals surface area contributed by atoms with Crippen LogP contribution in [0.2, 0.25) is 0 Å². The normalized spacial score (nSPS) is 11.8. The van der Waals surface area contributed by atoms with E-state index in [4.69, 9.17) is 5.73 Å². The van der Waals surface area contributed by atoms with Gasteiger partial charge >= 0.3 is 0 Å². The summed E-state index contributed by atoms with van der Waals surface area (Å²) in [6, 6.07) is 7.00. The van der Waals surface area contributed by atoms with Gasteiger partial charge in [0.25, 0.3) is 0 Å². The molecule has 0 spiro atoms. The lowest BCUT2D eigenvalue weighted by molar-refractivity contribution is 0.158. The summed E-state index contributed by atoms with van der Waals surface area (Å²) in [7, 11) is 0. The number of hydrogen-bond acceptors (Lipinski definition) is 2. The quantitative estimate of drug-likeness (QED) is 0.745. The van der Waals surface area contributed by atoms with Crippen molar-refractivity contribution in [1.29, 1.82) is 0 Å². The van der Waals surface area contributed by atoms with E-state index >= 15 is 0 Å². The van der Waals surface area contributed by atoms with Crippen LogP contribution in [0.15, 0.2) is 18.2 Å². The SMILES string of the molecule is CCC(CC)N(Cc1cc(C)ccc1N)CC(C)C. The van der Waals surface area contributed by atoms with Gasteiger partial charge in [-0.2, -0.15) is 0 Å². The largest absolute Gasteiger partial charge is 0.398 e. The van der Waals surface area contributed by atoms with Gasteiger partial charge in [0, 0.05) is 24.8 Å². The maximum absolute atomic E-state index is 6.12. The lowest BCUT2D eigenvalue weighted by Gasteiger charge is -2.32. The Labute approximate surface area is 119 Å². The van der Waals surface area contributed by atoms with E-state index in [9.17, 15) is 0 Å². The van der Waals surface area contributed by atoms with E-state index in [1.807, 2.05) is 6.07 Å². The fraction of sp³-hybridized carbons (Fsp3) is 0.647. The Balaban J connectivity index is 2.89. The summed E-state index contributed by atoms with van der Waals surface area (Å²) in [6.45, 7) is 13.4. The van der Waals surface area contributed by atoms with Crippen LogP contribution in [0.1, 0.15) is 51.7 Å². The van der Waals surface area contributed by atoms with Crippen LogP contribution in [0.4, 0.5) is 5.69 Å². The first-order chi connectivity index (χ1) is 8.97. The summed E-state index contributed by atoms with van der Waals surface area (Å²) in [5, 5.41) is 0. The van der Waals surface area contributed by atoms with Crippen molar-refractivity contribution < 1.29 is 0 Å². The van der Waals surface area contributed by atoms with Gasteiger partial charge in [-0.15, -0.1) is 0 Å². The molecule has 2 nitrogen and oxygen atoms in total. The molecule has 108 valence electrons. The van der Waals surface area contributed by atoms with Gasteiger partial charge in [0.05, 0.1) is 0 Å². The third-order valence-electron chi connectivity index (χ3n) is 3.73. The first kappa shape index (κ1) is 16.0. The van der Waals surface area contributed by atoms with Crippen molar-refractivity contribution in [2.45, 2.75) is 60.0 Å². The third-order valence-corrected chi connectivity index (χ3v) is 3.73. The van der Waals surface area contributed by atoms with Crippen molar-refractivity contribution in [3.63, 3.8) is 0 Å². The Morgan fingerprint density at radius 1 is 1.16 bits per heavy atom. The summed E-state index contributed by atoms with van der Waals surface area (Å²) < 4.78 is 0. The second kappa shape index (κ2) is 7.54. The van der Waals surface area contributed by atoms with Gasteiger partial charge < -0.3 is 5.73 Å². The molecule has 0 aliphatic carbocycles. The number of benzene rings is 1. The maximum atomic E-state index is 6.12. The number of aryl methyl sites for hydroxylation is 1. The van der Waals surface area contributed by atoms with Crippen molar-refractivity contribution in [3.8, 4) is 0 Å². The molecule has 2 heteroatoms. The average Bonchev–Trinajstić information content (AvgIpc) is 2.34. The Hall–Kier alpha value is -1.02. The molecule has 1 aromatic rings. The zero-order valence-corrected chi connectivity index (χ0v) is 13.2. The van der Waals surface area contributed by atoms with Crippen molar-refractivity contribution in [1.82, 2.24) is 4.90 Å². The molecule has 0 amide bonds. The van der Waals surface area contributed by atoms with Gasteiger partial charge in [-0.25, -0.2) is 0 Å². The number of rotatable bonds is 7. The maximum Gasteiger partial charge on any atom is 0.0359 e.